The van der Waals surface area contributed by atoms with Gasteiger partial charge < -0.3 is 25.8 Å². The summed E-state index contributed by atoms with van der Waals surface area (Å²) in [5.41, 5.74) is 0.946. The summed E-state index contributed by atoms with van der Waals surface area (Å²) in [5, 5.41) is 18.4. The van der Waals surface area contributed by atoms with E-state index < -0.39 is 17.7 Å². The number of nitrogens with one attached hydrogen (secondary N) is 1. The molecule has 0 amide bonds. The van der Waals surface area contributed by atoms with E-state index in [0.29, 0.717) is 16.8 Å². The highest BCUT2D eigenvalue weighted by Crippen LogP contribution is 2.29. The maximum absolute atomic E-state index is 12.6. The number of carboxylic acids is 1. The van der Waals surface area contributed by atoms with Gasteiger partial charge in [-0.3, -0.25) is 4.79 Å². The Morgan fingerprint density at radius 3 is 2.48 bits per heavy atom. The molecule has 0 bridgehead atoms. The lowest BCUT2D eigenvalue weighted by Crippen LogP contribution is -2.34. The summed E-state index contributed by atoms with van der Waals surface area (Å²) >= 11 is 0. The number of hydrogen-bond donors (Lipinski definition) is 3. The Hall–Kier alpha value is -3.83. The lowest BCUT2D eigenvalue weighted by Gasteiger charge is -2.09. The number of hydrogen-bond acceptors (Lipinski definition) is 7. The molecule has 0 saturated heterocycles. The Balaban J connectivity index is 1.86. The van der Waals surface area contributed by atoms with Crippen LogP contribution < -0.4 is 15.9 Å². The van der Waals surface area contributed by atoms with Gasteiger partial charge in [0.25, 0.3) is 0 Å². The van der Waals surface area contributed by atoms with Crippen LogP contribution in [0.2, 0.25) is 0 Å². The number of carbonyl (C=O) groups is 1. The number of ether oxygens (including phenoxy) is 1. The first-order valence-corrected chi connectivity index (χ1v) is 8.83. The van der Waals surface area contributed by atoms with Crippen LogP contribution in [0.15, 0.2) is 52.9 Å². The lowest BCUT2D eigenvalue weighted by atomic mass is 10.1. The average Bonchev–Trinajstić information content (AvgIpc) is 2.73. The van der Waals surface area contributed by atoms with Crippen molar-refractivity contribution in [1.82, 2.24) is 10.3 Å². The second-order valence-electron chi connectivity index (χ2n) is 6.14. The van der Waals surface area contributed by atoms with E-state index in [2.05, 4.69) is 20.6 Å². The van der Waals surface area contributed by atoms with Gasteiger partial charge in [-0.1, -0.05) is 17.3 Å². The largest absolute Gasteiger partial charge is 0.480 e. The summed E-state index contributed by atoms with van der Waals surface area (Å²) in [5.74, 6) is 4.48. The fourth-order valence-electron chi connectivity index (χ4n) is 2.18. The molecule has 0 aliphatic heterocycles. The smallest absolute Gasteiger partial charge is 0.416 e. The van der Waals surface area contributed by atoms with Gasteiger partial charge in [0.1, 0.15) is 19.8 Å². The molecule has 166 valence electrons. The molecular formula is C19H20F3N5O4. The van der Waals surface area contributed by atoms with E-state index >= 15 is 0 Å². The maximum Gasteiger partial charge on any atom is 0.416 e. The van der Waals surface area contributed by atoms with Crippen molar-refractivity contribution in [3.05, 3.63) is 59.3 Å². The molecule has 2 rings (SSSR count). The zero-order valence-corrected chi connectivity index (χ0v) is 16.4. The minimum atomic E-state index is -4.38. The predicted molar refractivity (Wildman–Crippen MR) is 105 cm³/mol. The maximum atomic E-state index is 12.6. The van der Waals surface area contributed by atoms with Gasteiger partial charge in [-0.15, -0.1) is 0 Å². The van der Waals surface area contributed by atoms with E-state index in [1.54, 1.807) is 19.1 Å². The molecule has 0 spiro atoms. The number of benzene rings is 1. The number of nitrogens with two attached hydrogens (primary N) is 1. The Morgan fingerprint density at radius 1 is 1.23 bits per heavy atom. The van der Waals surface area contributed by atoms with Gasteiger partial charge in [-0.05, 0) is 30.7 Å². The van der Waals surface area contributed by atoms with Gasteiger partial charge in [0, 0.05) is 17.8 Å². The molecule has 0 aliphatic rings. The van der Waals surface area contributed by atoms with Crippen LogP contribution in [0.25, 0.3) is 0 Å². The summed E-state index contributed by atoms with van der Waals surface area (Å²) < 4.78 is 43.0. The van der Waals surface area contributed by atoms with Crippen LogP contribution in [0.4, 0.5) is 13.2 Å². The molecule has 0 unspecified atom stereocenters. The van der Waals surface area contributed by atoms with Crippen molar-refractivity contribution < 1.29 is 32.6 Å². The number of rotatable bonds is 9. The fourth-order valence-corrected chi connectivity index (χ4v) is 2.18. The lowest BCUT2D eigenvalue weighted by molar-refractivity contribution is -0.138. The number of halogens is 3. The molecule has 0 radical (unpaired) electrons. The number of oxime groups is 1. The summed E-state index contributed by atoms with van der Waals surface area (Å²) in [6.07, 6.45) is -2.90. The van der Waals surface area contributed by atoms with Crippen LogP contribution in [0.5, 0.6) is 5.88 Å². The molecule has 31 heavy (non-hydrogen) atoms. The van der Waals surface area contributed by atoms with Gasteiger partial charge in [0.15, 0.2) is 5.84 Å². The average molecular weight is 439 g/mol. The normalized spacial score (nSPS) is 12.4. The molecule has 0 fully saturated rings. The van der Waals surface area contributed by atoms with Gasteiger partial charge in [-0.2, -0.15) is 18.3 Å². The zero-order chi connectivity index (χ0) is 22.9. The molecule has 2 aromatic rings. The van der Waals surface area contributed by atoms with Crippen LogP contribution in [0.3, 0.4) is 0 Å². The Labute approximate surface area is 175 Å². The number of aromatic nitrogens is 1. The first-order valence-electron chi connectivity index (χ1n) is 8.83. The van der Waals surface area contributed by atoms with E-state index in [1.165, 1.54) is 18.3 Å². The van der Waals surface area contributed by atoms with Gasteiger partial charge in [0.05, 0.1) is 11.3 Å². The predicted octanol–water partition coefficient (Wildman–Crippen LogP) is 2.37. The standard InChI is InChI=1S/C19H20F3N5O4/c1-12(27-31-10-13-2-5-15(6-3-13)19(20,21)22)14-4-7-17(25-8-14)30-11-16(26-23)24-9-18(28)29/h2-8H,9-11,23H2,1H3,(H,24,26)(H,28,29)/b27-12+. The Bertz CT molecular complexity index is 929. The third-order valence-corrected chi connectivity index (χ3v) is 3.82. The Kier molecular flexibility index (Phi) is 8.17. The number of pyridine rings is 1. The van der Waals surface area contributed by atoms with E-state index in [-0.39, 0.29) is 31.5 Å². The number of alkyl halides is 3. The van der Waals surface area contributed by atoms with Gasteiger partial charge >= 0.3 is 12.1 Å². The summed E-state index contributed by atoms with van der Waals surface area (Å²) in [6, 6.07) is 7.85. The molecular weight excluding hydrogens is 419 g/mol. The molecule has 9 nitrogen and oxygen atoms in total. The highest BCUT2D eigenvalue weighted by atomic mass is 19.4. The molecule has 4 N–H and O–H groups in total. The summed E-state index contributed by atoms with van der Waals surface area (Å²) in [6.45, 7) is 1.24. The number of aliphatic carboxylic acids is 1. The minimum Gasteiger partial charge on any atom is -0.480 e. The van der Waals surface area contributed by atoms with Crippen molar-refractivity contribution in [1.29, 1.82) is 0 Å². The first-order chi connectivity index (χ1) is 14.7. The SMILES string of the molecule is C/C(=N\OCc1ccc(C(F)(F)F)cc1)c1ccc(OC/C(=N/N)NCC(=O)O)nc1. The second kappa shape index (κ2) is 10.8. The van der Waals surface area contributed by atoms with Gasteiger partial charge in [-0.25, -0.2) is 4.98 Å². The third kappa shape index (κ3) is 7.84. The number of amidine groups is 1. The molecule has 1 aromatic heterocycles. The van der Waals surface area contributed by atoms with E-state index in [1.807, 2.05) is 0 Å². The van der Waals surface area contributed by atoms with Crippen LogP contribution in [0, 0.1) is 0 Å². The van der Waals surface area contributed by atoms with Gasteiger partial charge in [0.2, 0.25) is 5.88 Å². The molecule has 12 heteroatoms. The van der Waals surface area contributed by atoms with Crippen molar-refractivity contribution in [2.24, 2.45) is 16.1 Å². The second-order valence-corrected chi connectivity index (χ2v) is 6.14. The molecule has 1 aromatic carbocycles. The van der Waals surface area contributed by atoms with Crippen molar-refractivity contribution >= 4 is 17.5 Å². The van der Waals surface area contributed by atoms with E-state index in [0.717, 1.165) is 12.1 Å². The minimum absolute atomic E-state index is 0.00857. The van der Waals surface area contributed by atoms with Crippen LogP contribution in [0.1, 0.15) is 23.6 Å². The highest BCUT2D eigenvalue weighted by molar-refractivity contribution is 5.98. The molecule has 1 heterocycles. The zero-order valence-electron chi connectivity index (χ0n) is 16.4. The van der Waals surface area contributed by atoms with Crippen molar-refractivity contribution in [2.75, 3.05) is 13.2 Å². The van der Waals surface area contributed by atoms with Crippen LogP contribution in [-0.4, -0.2) is 40.8 Å². The highest BCUT2D eigenvalue weighted by Gasteiger charge is 2.29. The number of nitrogens with zero attached hydrogens (tertiary/aromatic N) is 3. The third-order valence-electron chi connectivity index (χ3n) is 3.82. The van der Waals surface area contributed by atoms with Crippen molar-refractivity contribution in [3.63, 3.8) is 0 Å². The summed E-state index contributed by atoms with van der Waals surface area (Å²) in [4.78, 5) is 19.8. The monoisotopic (exact) mass is 439 g/mol. The number of hydrazone groups is 1. The summed E-state index contributed by atoms with van der Waals surface area (Å²) in [7, 11) is 0. The quantitative estimate of drug-likeness (QED) is 0.237. The topological polar surface area (TPSA) is 131 Å². The number of carboxylic acid groups (broad SMARTS) is 1. The first kappa shape index (κ1) is 23.4. The van der Waals surface area contributed by atoms with E-state index in [4.69, 9.17) is 20.5 Å². The van der Waals surface area contributed by atoms with E-state index in [9.17, 15) is 18.0 Å². The molecule has 0 saturated carbocycles. The van der Waals surface area contributed by atoms with Crippen LogP contribution in [-0.2, 0) is 22.4 Å². The molecule has 0 aliphatic carbocycles. The van der Waals surface area contributed by atoms with Crippen molar-refractivity contribution in [3.8, 4) is 5.88 Å². The fraction of sp³-hybridized carbons (Fsp3) is 0.263. The molecule has 0 atom stereocenters. The van der Waals surface area contributed by atoms with Crippen molar-refractivity contribution in [2.45, 2.75) is 19.7 Å². The van der Waals surface area contributed by atoms with Crippen LogP contribution >= 0.6 is 0 Å². The Morgan fingerprint density at radius 2 is 1.94 bits per heavy atom.